The van der Waals surface area contributed by atoms with Crippen molar-refractivity contribution in [2.45, 2.75) is 32.4 Å². The number of aliphatic carboxylic acids is 1. The van der Waals surface area contributed by atoms with Gasteiger partial charge in [-0.05, 0) is 20.8 Å². The minimum absolute atomic E-state index is 0.425. The third kappa shape index (κ3) is 3.59. The molecule has 1 fully saturated rings. The first-order valence-electron chi connectivity index (χ1n) is 5.11. The molecule has 92 valence electrons. The van der Waals surface area contributed by atoms with E-state index in [0.717, 1.165) is 5.75 Å². The molecule has 0 bridgehead atoms. The lowest BCUT2D eigenvalue weighted by Gasteiger charge is -2.34. The Balaban J connectivity index is 2.68. The normalized spacial score (nSPS) is 21.7. The van der Waals surface area contributed by atoms with Crippen LogP contribution in [0.2, 0.25) is 0 Å². The SMILES string of the molecule is CC(C)(C)OC(=O)N1CCSCC1C(=O)O. The zero-order valence-corrected chi connectivity index (χ0v) is 10.5. The minimum atomic E-state index is -0.974. The topological polar surface area (TPSA) is 66.8 Å². The summed E-state index contributed by atoms with van der Waals surface area (Å²) in [6.07, 6.45) is -0.541. The van der Waals surface area contributed by atoms with E-state index in [1.807, 2.05) is 0 Å². The molecule has 1 N–H and O–H groups in total. The van der Waals surface area contributed by atoms with Crippen molar-refractivity contribution in [1.29, 1.82) is 0 Å². The van der Waals surface area contributed by atoms with Crippen LogP contribution in [-0.4, -0.2) is 51.8 Å². The van der Waals surface area contributed by atoms with Gasteiger partial charge in [-0.25, -0.2) is 9.59 Å². The molecule has 1 aliphatic heterocycles. The second-order valence-electron chi connectivity index (χ2n) is 4.60. The van der Waals surface area contributed by atoms with Crippen molar-refractivity contribution < 1.29 is 19.4 Å². The zero-order chi connectivity index (χ0) is 12.3. The number of thioether (sulfide) groups is 1. The van der Waals surface area contributed by atoms with Crippen LogP contribution in [0.5, 0.6) is 0 Å². The number of carboxylic acids is 1. The van der Waals surface area contributed by atoms with Crippen LogP contribution < -0.4 is 0 Å². The van der Waals surface area contributed by atoms with Gasteiger partial charge in [0.05, 0.1) is 0 Å². The largest absolute Gasteiger partial charge is 0.480 e. The summed E-state index contributed by atoms with van der Waals surface area (Å²) >= 11 is 1.54. The molecule has 1 aliphatic rings. The Labute approximate surface area is 99.1 Å². The molecule has 0 aliphatic carbocycles. The van der Waals surface area contributed by atoms with Crippen LogP contribution in [0.1, 0.15) is 20.8 Å². The molecule has 1 amide bonds. The van der Waals surface area contributed by atoms with Gasteiger partial charge in [-0.2, -0.15) is 11.8 Å². The Hall–Kier alpha value is -0.910. The maximum Gasteiger partial charge on any atom is 0.411 e. The van der Waals surface area contributed by atoms with Gasteiger partial charge in [0.2, 0.25) is 0 Å². The number of rotatable bonds is 1. The average molecular weight is 247 g/mol. The van der Waals surface area contributed by atoms with Gasteiger partial charge in [0.25, 0.3) is 0 Å². The van der Waals surface area contributed by atoms with E-state index in [2.05, 4.69) is 0 Å². The predicted molar refractivity (Wildman–Crippen MR) is 61.7 cm³/mol. The third-order valence-electron chi connectivity index (χ3n) is 2.04. The second-order valence-corrected chi connectivity index (χ2v) is 5.75. The minimum Gasteiger partial charge on any atom is -0.480 e. The summed E-state index contributed by atoms with van der Waals surface area (Å²) in [6, 6.07) is -0.770. The number of carbonyl (C=O) groups is 2. The van der Waals surface area contributed by atoms with Crippen molar-refractivity contribution in [2.24, 2.45) is 0 Å². The molecule has 0 aromatic heterocycles. The Morgan fingerprint density at radius 2 is 2.06 bits per heavy atom. The van der Waals surface area contributed by atoms with Crippen molar-refractivity contribution in [3.8, 4) is 0 Å². The molecule has 1 saturated heterocycles. The molecular weight excluding hydrogens is 230 g/mol. The van der Waals surface area contributed by atoms with Gasteiger partial charge in [-0.15, -0.1) is 0 Å². The van der Waals surface area contributed by atoms with Crippen molar-refractivity contribution in [3.63, 3.8) is 0 Å². The molecule has 1 heterocycles. The summed E-state index contributed by atoms with van der Waals surface area (Å²) in [6.45, 7) is 5.72. The van der Waals surface area contributed by atoms with Crippen LogP contribution in [0.4, 0.5) is 4.79 Å². The number of nitrogens with zero attached hydrogens (tertiary/aromatic N) is 1. The van der Waals surface area contributed by atoms with E-state index in [-0.39, 0.29) is 0 Å². The van der Waals surface area contributed by atoms with Gasteiger partial charge in [-0.1, -0.05) is 0 Å². The van der Waals surface area contributed by atoms with Crippen LogP contribution in [0, 0.1) is 0 Å². The maximum absolute atomic E-state index is 11.8. The zero-order valence-electron chi connectivity index (χ0n) is 9.73. The van der Waals surface area contributed by atoms with E-state index >= 15 is 0 Å². The summed E-state index contributed by atoms with van der Waals surface area (Å²) in [7, 11) is 0. The highest BCUT2D eigenvalue weighted by Crippen LogP contribution is 2.19. The molecule has 1 atom stereocenters. The first-order chi connectivity index (χ1) is 7.31. The predicted octanol–water partition coefficient (Wildman–Crippen LogP) is 1.42. The number of carboxylic acid groups (broad SMARTS) is 1. The van der Waals surface area contributed by atoms with Gasteiger partial charge in [0, 0.05) is 18.1 Å². The molecule has 0 radical (unpaired) electrons. The number of hydrogen-bond acceptors (Lipinski definition) is 4. The van der Waals surface area contributed by atoms with Crippen LogP contribution in [0.25, 0.3) is 0 Å². The molecule has 0 aromatic carbocycles. The summed E-state index contributed by atoms with van der Waals surface area (Å²) in [5.74, 6) is 0.204. The molecule has 1 rings (SSSR count). The third-order valence-corrected chi connectivity index (χ3v) is 3.06. The van der Waals surface area contributed by atoms with Crippen LogP contribution in [-0.2, 0) is 9.53 Å². The highest BCUT2D eigenvalue weighted by Gasteiger charge is 2.34. The van der Waals surface area contributed by atoms with Crippen LogP contribution >= 0.6 is 11.8 Å². The highest BCUT2D eigenvalue weighted by atomic mass is 32.2. The Bertz CT molecular complexity index is 287. The number of amides is 1. The van der Waals surface area contributed by atoms with Crippen molar-refractivity contribution in [1.82, 2.24) is 4.90 Å². The molecule has 16 heavy (non-hydrogen) atoms. The molecule has 0 spiro atoms. The molecule has 1 unspecified atom stereocenters. The first-order valence-corrected chi connectivity index (χ1v) is 6.27. The summed E-state index contributed by atoms with van der Waals surface area (Å²) in [4.78, 5) is 24.0. The van der Waals surface area contributed by atoms with Gasteiger partial charge in [0.1, 0.15) is 11.6 Å². The molecular formula is C10H17NO4S. The van der Waals surface area contributed by atoms with Crippen LogP contribution in [0.15, 0.2) is 0 Å². The van der Waals surface area contributed by atoms with E-state index in [4.69, 9.17) is 9.84 Å². The van der Waals surface area contributed by atoms with Gasteiger partial charge in [0.15, 0.2) is 0 Å². The Kier molecular flexibility index (Phi) is 4.07. The number of carbonyl (C=O) groups excluding carboxylic acids is 1. The second kappa shape index (κ2) is 4.95. The van der Waals surface area contributed by atoms with E-state index in [1.54, 1.807) is 32.5 Å². The van der Waals surface area contributed by atoms with Crippen molar-refractivity contribution in [2.75, 3.05) is 18.1 Å². The average Bonchev–Trinajstić information content (AvgIpc) is 2.15. The van der Waals surface area contributed by atoms with Crippen LogP contribution in [0.3, 0.4) is 0 Å². The molecule has 5 nitrogen and oxygen atoms in total. The number of hydrogen-bond donors (Lipinski definition) is 1. The molecule has 0 saturated carbocycles. The van der Waals surface area contributed by atoms with Gasteiger partial charge < -0.3 is 9.84 Å². The number of ether oxygens (including phenoxy) is 1. The van der Waals surface area contributed by atoms with E-state index in [0.29, 0.717) is 12.3 Å². The lowest BCUT2D eigenvalue weighted by molar-refractivity contribution is -0.142. The van der Waals surface area contributed by atoms with Gasteiger partial charge in [-0.3, -0.25) is 4.90 Å². The first kappa shape index (κ1) is 13.2. The Morgan fingerprint density at radius 1 is 1.44 bits per heavy atom. The van der Waals surface area contributed by atoms with E-state index < -0.39 is 23.7 Å². The standard InChI is InChI=1S/C10H17NO4S/c1-10(2,3)15-9(14)11-4-5-16-6-7(11)8(12)13/h7H,4-6H2,1-3H3,(H,12,13). The summed E-state index contributed by atoms with van der Waals surface area (Å²) in [5.41, 5.74) is -0.593. The van der Waals surface area contributed by atoms with Crippen molar-refractivity contribution >= 4 is 23.8 Å². The molecule has 0 aromatic rings. The summed E-state index contributed by atoms with van der Waals surface area (Å²) in [5, 5.41) is 8.99. The fraction of sp³-hybridized carbons (Fsp3) is 0.800. The maximum atomic E-state index is 11.8. The molecule has 6 heteroatoms. The van der Waals surface area contributed by atoms with Crippen molar-refractivity contribution in [3.05, 3.63) is 0 Å². The summed E-state index contributed by atoms with van der Waals surface area (Å²) < 4.78 is 5.17. The lowest BCUT2D eigenvalue weighted by Crippen LogP contribution is -2.51. The van der Waals surface area contributed by atoms with E-state index in [1.165, 1.54) is 4.90 Å². The monoisotopic (exact) mass is 247 g/mol. The quantitative estimate of drug-likeness (QED) is 0.759. The highest BCUT2D eigenvalue weighted by molar-refractivity contribution is 7.99. The smallest absolute Gasteiger partial charge is 0.411 e. The Morgan fingerprint density at radius 3 is 2.56 bits per heavy atom. The fourth-order valence-electron chi connectivity index (χ4n) is 1.35. The van der Waals surface area contributed by atoms with E-state index in [9.17, 15) is 9.59 Å². The fourth-order valence-corrected chi connectivity index (χ4v) is 2.39. The lowest BCUT2D eigenvalue weighted by atomic mass is 10.2. The van der Waals surface area contributed by atoms with Gasteiger partial charge >= 0.3 is 12.1 Å².